The van der Waals surface area contributed by atoms with E-state index in [4.69, 9.17) is 11.6 Å². The van der Waals surface area contributed by atoms with Gasteiger partial charge in [0, 0.05) is 30.9 Å². The van der Waals surface area contributed by atoms with Crippen molar-refractivity contribution >= 4 is 29.3 Å². The first-order valence-electron chi connectivity index (χ1n) is 5.49. The van der Waals surface area contributed by atoms with Gasteiger partial charge in [-0.3, -0.25) is 0 Å². The van der Waals surface area contributed by atoms with Crippen LogP contribution < -0.4 is 0 Å². The maximum Gasteiger partial charge on any atom is 0.355 e. The molecule has 1 aromatic rings. The first kappa shape index (κ1) is 12.6. The summed E-state index contributed by atoms with van der Waals surface area (Å²) in [4.78, 5) is 17.1. The molecule has 0 amide bonds. The van der Waals surface area contributed by atoms with Crippen LogP contribution in [0.15, 0.2) is 18.2 Å². The Morgan fingerprint density at radius 1 is 1.50 bits per heavy atom. The molecular formula is C13H13ClN2O2. The lowest BCUT2D eigenvalue weighted by Gasteiger charge is -2.19. The molecule has 94 valence electrons. The van der Waals surface area contributed by atoms with Crippen LogP contribution in [0.3, 0.4) is 0 Å². The van der Waals surface area contributed by atoms with E-state index >= 15 is 0 Å². The van der Waals surface area contributed by atoms with Gasteiger partial charge in [0.2, 0.25) is 0 Å². The van der Waals surface area contributed by atoms with Gasteiger partial charge in [0.25, 0.3) is 0 Å². The summed E-state index contributed by atoms with van der Waals surface area (Å²) in [5, 5.41) is 9.38. The van der Waals surface area contributed by atoms with E-state index in [1.54, 1.807) is 12.1 Å². The quantitative estimate of drug-likeness (QED) is 0.835. The Bertz CT molecular complexity index is 562. The third-order valence-electron chi connectivity index (χ3n) is 2.72. The summed E-state index contributed by atoms with van der Waals surface area (Å²) in [5.74, 6) is -1.07. The zero-order valence-electron chi connectivity index (χ0n) is 10.1. The Labute approximate surface area is 110 Å². The van der Waals surface area contributed by atoms with Gasteiger partial charge in [-0.15, -0.1) is 0 Å². The molecule has 18 heavy (non-hydrogen) atoms. The van der Waals surface area contributed by atoms with Crippen molar-refractivity contribution in [2.75, 3.05) is 14.1 Å². The minimum atomic E-state index is -1.07. The van der Waals surface area contributed by atoms with Crippen molar-refractivity contribution in [3.63, 3.8) is 0 Å². The van der Waals surface area contributed by atoms with Gasteiger partial charge in [0.05, 0.1) is 0 Å². The Hall–Kier alpha value is -1.81. The molecule has 0 bridgehead atoms. The van der Waals surface area contributed by atoms with E-state index in [0.717, 1.165) is 17.7 Å². The average molecular weight is 265 g/mol. The minimum absolute atomic E-state index is 0.0107. The second-order valence-corrected chi connectivity index (χ2v) is 4.57. The minimum Gasteiger partial charge on any atom is -0.476 e. The molecule has 0 saturated carbocycles. The van der Waals surface area contributed by atoms with Crippen molar-refractivity contribution in [3.05, 3.63) is 40.2 Å². The van der Waals surface area contributed by atoms with Crippen LogP contribution >= 0.6 is 11.6 Å². The number of carboxylic acid groups (broad SMARTS) is 1. The second kappa shape index (κ2) is 4.82. The number of carboxylic acids is 1. The van der Waals surface area contributed by atoms with Gasteiger partial charge < -0.3 is 10.0 Å². The van der Waals surface area contributed by atoms with Crippen molar-refractivity contribution < 1.29 is 9.90 Å². The number of pyridine rings is 1. The smallest absolute Gasteiger partial charge is 0.355 e. The van der Waals surface area contributed by atoms with Crippen molar-refractivity contribution in [1.29, 1.82) is 0 Å². The molecule has 0 aromatic carbocycles. The second-order valence-electron chi connectivity index (χ2n) is 4.18. The average Bonchev–Trinajstić information content (AvgIpc) is 2.49. The number of fused-ring (bicyclic) bond motifs is 1. The molecule has 1 aliphatic carbocycles. The Balaban J connectivity index is 2.73. The highest BCUT2D eigenvalue weighted by molar-refractivity contribution is 6.29. The Morgan fingerprint density at radius 2 is 2.22 bits per heavy atom. The predicted molar refractivity (Wildman–Crippen MR) is 71.5 cm³/mol. The maximum absolute atomic E-state index is 11.2. The van der Waals surface area contributed by atoms with Crippen molar-refractivity contribution in [3.8, 4) is 0 Å². The number of allylic oxidation sites excluding steroid dienone is 2. The molecule has 4 nitrogen and oxygen atoms in total. The summed E-state index contributed by atoms with van der Waals surface area (Å²) in [6, 6.07) is 1.70. The van der Waals surface area contributed by atoms with Gasteiger partial charge in [-0.2, -0.15) is 0 Å². The van der Waals surface area contributed by atoms with Gasteiger partial charge in [-0.1, -0.05) is 29.8 Å². The van der Waals surface area contributed by atoms with E-state index in [1.165, 1.54) is 0 Å². The van der Waals surface area contributed by atoms with Crippen LogP contribution in [0.4, 0.5) is 0 Å². The van der Waals surface area contributed by atoms with E-state index in [0.29, 0.717) is 5.56 Å². The lowest BCUT2D eigenvalue weighted by Crippen LogP contribution is -2.13. The first-order valence-corrected chi connectivity index (χ1v) is 5.86. The number of halogens is 1. The third-order valence-corrected chi connectivity index (χ3v) is 2.91. The molecule has 2 rings (SSSR count). The number of aromatic nitrogens is 1. The van der Waals surface area contributed by atoms with Crippen LogP contribution in [-0.2, 0) is 0 Å². The van der Waals surface area contributed by atoms with E-state index in [2.05, 4.69) is 4.98 Å². The molecule has 0 fully saturated rings. The number of hydrogen-bond acceptors (Lipinski definition) is 3. The zero-order chi connectivity index (χ0) is 13.3. The summed E-state index contributed by atoms with van der Waals surface area (Å²) < 4.78 is 0. The predicted octanol–water partition coefficient (Wildman–Crippen LogP) is 2.75. The summed E-state index contributed by atoms with van der Waals surface area (Å²) in [6.07, 6.45) is 6.48. The molecule has 1 N–H and O–H groups in total. The van der Waals surface area contributed by atoms with Crippen LogP contribution in [0.5, 0.6) is 0 Å². The highest BCUT2D eigenvalue weighted by Gasteiger charge is 2.19. The Morgan fingerprint density at radius 3 is 2.83 bits per heavy atom. The zero-order valence-corrected chi connectivity index (χ0v) is 10.9. The molecule has 1 aromatic heterocycles. The molecule has 0 radical (unpaired) electrons. The van der Waals surface area contributed by atoms with Crippen LogP contribution in [0, 0.1) is 0 Å². The van der Waals surface area contributed by atoms with Crippen molar-refractivity contribution in [2.24, 2.45) is 0 Å². The van der Waals surface area contributed by atoms with Gasteiger partial charge in [0.1, 0.15) is 5.15 Å². The van der Waals surface area contributed by atoms with Crippen molar-refractivity contribution in [1.82, 2.24) is 9.88 Å². The SMILES string of the molecule is CN(C)C1=CCC=Cc2c1cc(Cl)nc2C(=O)O. The van der Waals surface area contributed by atoms with Crippen LogP contribution in [0.2, 0.25) is 5.15 Å². The Kier molecular flexibility index (Phi) is 3.39. The molecule has 5 heteroatoms. The number of aromatic carboxylic acids is 1. The summed E-state index contributed by atoms with van der Waals surface area (Å²) in [5.41, 5.74) is 2.33. The topological polar surface area (TPSA) is 53.4 Å². The lowest BCUT2D eigenvalue weighted by atomic mass is 10.0. The van der Waals surface area contributed by atoms with Gasteiger partial charge in [-0.25, -0.2) is 9.78 Å². The van der Waals surface area contributed by atoms with Gasteiger partial charge >= 0.3 is 5.97 Å². The molecule has 0 aliphatic heterocycles. The van der Waals surface area contributed by atoms with Crippen molar-refractivity contribution in [2.45, 2.75) is 6.42 Å². The van der Waals surface area contributed by atoms with Crippen LogP contribution in [-0.4, -0.2) is 35.1 Å². The molecule has 1 aliphatic rings. The van der Waals surface area contributed by atoms with Crippen LogP contribution in [0.1, 0.15) is 28.0 Å². The first-order chi connectivity index (χ1) is 8.50. The third kappa shape index (κ3) is 2.24. The number of hydrogen-bond donors (Lipinski definition) is 1. The largest absolute Gasteiger partial charge is 0.476 e. The summed E-state index contributed by atoms with van der Waals surface area (Å²) >= 11 is 5.90. The molecule has 0 spiro atoms. The maximum atomic E-state index is 11.2. The van der Waals surface area contributed by atoms with E-state index < -0.39 is 5.97 Å². The van der Waals surface area contributed by atoms with E-state index in [1.807, 2.05) is 31.1 Å². The number of carbonyl (C=O) groups is 1. The number of rotatable bonds is 2. The standard InChI is InChI=1S/C13H13ClN2O2/c1-16(2)10-6-4-3-5-8-9(10)7-11(14)15-12(8)13(17)18/h3,5-7H,4H2,1-2H3,(H,17,18). The summed E-state index contributed by atoms with van der Waals surface area (Å²) in [7, 11) is 3.82. The fraction of sp³-hybridized carbons (Fsp3) is 0.231. The summed E-state index contributed by atoms with van der Waals surface area (Å²) in [6.45, 7) is 0. The molecule has 0 unspecified atom stereocenters. The van der Waals surface area contributed by atoms with Gasteiger partial charge in [-0.05, 0) is 12.5 Å². The molecular weight excluding hydrogens is 252 g/mol. The molecule has 1 heterocycles. The van der Waals surface area contributed by atoms with Gasteiger partial charge in [0.15, 0.2) is 5.69 Å². The lowest BCUT2D eigenvalue weighted by molar-refractivity contribution is 0.0690. The molecule has 0 saturated heterocycles. The fourth-order valence-corrected chi connectivity index (χ4v) is 2.16. The molecule has 0 atom stereocenters. The van der Waals surface area contributed by atoms with Crippen LogP contribution in [0.25, 0.3) is 11.8 Å². The van der Waals surface area contributed by atoms with E-state index in [9.17, 15) is 9.90 Å². The van der Waals surface area contributed by atoms with E-state index in [-0.39, 0.29) is 10.8 Å². The highest BCUT2D eigenvalue weighted by Crippen LogP contribution is 2.29. The monoisotopic (exact) mass is 264 g/mol. The highest BCUT2D eigenvalue weighted by atomic mass is 35.5. The fourth-order valence-electron chi connectivity index (χ4n) is 1.97. The number of nitrogens with zero attached hydrogens (tertiary/aromatic N) is 2. The normalized spacial score (nSPS) is 13.6.